The highest BCUT2D eigenvalue weighted by Crippen LogP contribution is 2.31. The minimum atomic E-state index is -0.828. The van der Waals surface area contributed by atoms with Gasteiger partial charge in [-0.25, -0.2) is 4.98 Å². The summed E-state index contributed by atoms with van der Waals surface area (Å²) in [5, 5.41) is 9.85. The number of hydrogen-bond donors (Lipinski definition) is 1. The van der Waals surface area contributed by atoms with Crippen molar-refractivity contribution < 1.29 is 9.90 Å². The zero-order valence-electron chi connectivity index (χ0n) is 12.1. The maximum atomic E-state index is 10.9. The minimum absolute atomic E-state index is 0.0531. The SMILES string of the molecule is CCCC(C)c1nc2cc(Cl)c(Cl)cc2n1CCC(=O)O. The predicted octanol–water partition coefficient (Wildman–Crippen LogP) is 4.72. The van der Waals surface area contributed by atoms with Crippen molar-refractivity contribution >= 4 is 40.2 Å². The average molecular weight is 329 g/mol. The van der Waals surface area contributed by atoms with Crippen molar-refractivity contribution in [1.29, 1.82) is 0 Å². The van der Waals surface area contributed by atoms with E-state index in [0.29, 0.717) is 16.6 Å². The molecule has 0 fully saturated rings. The fourth-order valence-electron chi connectivity index (χ4n) is 2.52. The fourth-order valence-corrected chi connectivity index (χ4v) is 2.84. The van der Waals surface area contributed by atoms with Crippen LogP contribution in [0.2, 0.25) is 10.0 Å². The van der Waals surface area contributed by atoms with Crippen LogP contribution in [0.5, 0.6) is 0 Å². The fraction of sp³-hybridized carbons (Fsp3) is 0.467. The molecule has 0 radical (unpaired) electrons. The Morgan fingerprint density at radius 1 is 1.38 bits per heavy atom. The van der Waals surface area contributed by atoms with Crippen molar-refractivity contribution in [2.45, 2.75) is 45.6 Å². The summed E-state index contributed by atoms with van der Waals surface area (Å²) in [6.45, 7) is 4.60. The quantitative estimate of drug-likeness (QED) is 0.834. The zero-order chi connectivity index (χ0) is 15.6. The van der Waals surface area contributed by atoms with Gasteiger partial charge in [-0.15, -0.1) is 0 Å². The lowest BCUT2D eigenvalue weighted by molar-refractivity contribution is -0.137. The van der Waals surface area contributed by atoms with E-state index in [2.05, 4.69) is 18.8 Å². The summed E-state index contributed by atoms with van der Waals surface area (Å²) in [6, 6.07) is 3.49. The molecular formula is C15H18Cl2N2O2. The van der Waals surface area contributed by atoms with Crippen molar-refractivity contribution in [3.05, 3.63) is 28.0 Å². The van der Waals surface area contributed by atoms with Gasteiger partial charge in [-0.3, -0.25) is 4.79 Å². The van der Waals surface area contributed by atoms with Crippen LogP contribution in [-0.4, -0.2) is 20.6 Å². The van der Waals surface area contributed by atoms with Crippen LogP contribution in [0.4, 0.5) is 0 Å². The van der Waals surface area contributed by atoms with Crippen molar-refractivity contribution in [1.82, 2.24) is 9.55 Å². The van der Waals surface area contributed by atoms with Crippen LogP contribution >= 0.6 is 23.2 Å². The van der Waals surface area contributed by atoms with Crippen LogP contribution in [0.1, 0.15) is 44.9 Å². The van der Waals surface area contributed by atoms with Gasteiger partial charge in [-0.2, -0.15) is 0 Å². The lowest BCUT2D eigenvalue weighted by Crippen LogP contribution is -2.10. The summed E-state index contributed by atoms with van der Waals surface area (Å²) in [5.41, 5.74) is 1.59. The van der Waals surface area contributed by atoms with Crippen molar-refractivity contribution in [3.63, 3.8) is 0 Å². The molecule has 0 saturated heterocycles. The number of nitrogens with zero attached hydrogens (tertiary/aromatic N) is 2. The van der Waals surface area contributed by atoms with Gasteiger partial charge in [-0.1, -0.05) is 43.5 Å². The standard InChI is InChI=1S/C15H18Cl2N2O2/c1-3-4-9(2)15-18-12-7-10(16)11(17)8-13(12)19(15)6-5-14(20)21/h7-9H,3-6H2,1-2H3,(H,20,21). The second-order valence-electron chi connectivity index (χ2n) is 5.21. The Morgan fingerprint density at radius 2 is 2.05 bits per heavy atom. The average Bonchev–Trinajstić information content (AvgIpc) is 2.75. The molecule has 1 unspecified atom stereocenters. The molecule has 0 aliphatic heterocycles. The highest BCUT2D eigenvalue weighted by Gasteiger charge is 2.18. The Balaban J connectivity index is 2.54. The normalized spacial score (nSPS) is 12.8. The van der Waals surface area contributed by atoms with Gasteiger partial charge in [0.25, 0.3) is 0 Å². The van der Waals surface area contributed by atoms with Gasteiger partial charge < -0.3 is 9.67 Å². The van der Waals surface area contributed by atoms with E-state index in [4.69, 9.17) is 28.3 Å². The molecule has 1 atom stereocenters. The monoisotopic (exact) mass is 328 g/mol. The lowest BCUT2D eigenvalue weighted by atomic mass is 10.1. The summed E-state index contributed by atoms with van der Waals surface area (Å²) in [4.78, 5) is 15.5. The Morgan fingerprint density at radius 3 is 2.67 bits per heavy atom. The van der Waals surface area contributed by atoms with Crippen molar-refractivity contribution in [2.75, 3.05) is 0 Å². The first kappa shape index (κ1) is 16.1. The third-order valence-electron chi connectivity index (χ3n) is 3.53. The third kappa shape index (κ3) is 3.50. The van der Waals surface area contributed by atoms with E-state index in [1.807, 2.05) is 4.57 Å². The first-order chi connectivity index (χ1) is 9.93. The smallest absolute Gasteiger partial charge is 0.305 e. The molecule has 0 aliphatic carbocycles. The van der Waals surface area contributed by atoms with E-state index in [-0.39, 0.29) is 12.3 Å². The Bertz CT molecular complexity index is 667. The molecule has 2 rings (SSSR count). The zero-order valence-corrected chi connectivity index (χ0v) is 13.6. The summed E-state index contributed by atoms with van der Waals surface area (Å²) >= 11 is 12.1. The molecule has 0 amide bonds. The summed E-state index contributed by atoms with van der Waals surface area (Å²) in [5.74, 6) is 0.325. The first-order valence-electron chi connectivity index (χ1n) is 7.01. The summed E-state index contributed by atoms with van der Waals surface area (Å²) in [7, 11) is 0. The highest BCUT2D eigenvalue weighted by molar-refractivity contribution is 6.42. The van der Waals surface area contributed by atoms with Crippen LogP contribution in [-0.2, 0) is 11.3 Å². The number of fused-ring (bicyclic) bond motifs is 1. The van der Waals surface area contributed by atoms with E-state index in [1.54, 1.807) is 12.1 Å². The number of aromatic nitrogens is 2. The van der Waals surface area contributed by atoms with Gasteiger partial charge in [0.05, 0.1) is 27.5 Å². The molecule has 2 aromatic rings. The maximum Gasteiger partial charge on any atom is 0.305 e. The van der Waals surface area contributed by atoms with Crippen LogP contribution in [0.3, 0.4) is 0 Å². The van der Waals surface area contributed by atoms with E-state index >= 15 is 0 Å². The van der Waals surface area contributed by atoms with E-state index in [9.17, 15) is 4.79 Å². The molecule has 1 heterocycles. The molecule has 0 saturated carbocycles. The molecule has 6 heteroatoms. The van der Waals surface area contributed by atoms with Gasteiger partial charge >= 0.3 is 5.97 Å². The molecular weight excluding hydrogens is 311 g/mol. The number of carboxylic acids is 1. The molecule has 114 valence electrons. The number of aryl methyl sites for hydroxylation is 1. The van der Waals surface area contributed by atoms with E-state index < -0.39 is 5.97 Å². The van der Waals surface area contributed by atoms with Gasteiger partial charge in [-0.05, 0) is 18.6 Å². The largest absolute Gasteiger partial charge is 0.481 e. The number of carboxylic acid groups (broad SMARTS) is 1. The van der Waals surface area contributed by atoms with Crippen LogP contribution in [0.15, 0.2) is 12.1 Å². The molecule has 21 heavy (non-hydrogen) atoms. The Kier molecular flexibility index (Phi) is 5.12. The molecule has 1 aromatic heterocycles. The molecule has 1 N–H and O–H groups in total. The second-order valence-corrected chi connectivity index (χ2v) is 6.02. The maximum absolute atomic E-state index is 10.9. The number of hydrogen-bond acceptors (Lipinski definition) is 2. The Hall–Kier alpha value is -1.26. The second kappa shape index (κ2) is 6.67. The number of benzene rings is 1. The highest BCUT2D eigenvalue weighted by atomic mass is 35.5. The third-order valence-corrected chi connectivity index (χ3v) is 4.25. The summed E-state index contributed by atoms with van der Waals surface area (Å²) in [6.07, 6.45) is 2.10. The Labute approximate surface area is 133 Å². The molecule has 0 bridgehead atoms. The molecule has 0 aliphatic rings. The molecule has 1 aromatic carbocycles. The van der Waals surface area contributed by atoms with Crippen molar-refractivity contribution in [2.24, 2.45) is 0 Å². The first-order valence-corrected chi connectivity index (χ1v) is 7.76. The molecule has 0 spiro atoms. The topological polar surface area (TPSA) is 55.1 Å². The van der Waals surface area contributed by atoms with Crippen molar-refractivity contribution in [3.8, 4) is 0 Å². The number of rotatable bonds is 6. The lowest BCUT2D eigenvalue weighted by Gasteiger charge is -2.13. The summed E-state index contributed by atoms with van der Waals surface area (Å²) < 4.78 is 1.95. The van der Waals surface area contributed by atoms with E-state index in [1.165, 1.54) is 0 Å². The molecule has 4 nitrogen and oxygen atoms in total. The van der Waals surface area contributed by atoms with E-state index in [0.717, 1.165) is 29.7 Å². The van der Waals surface area contributed by atoms with Crippen LogP contribution < -0.4 is 0 Å². The number of aliphatic carboxylic acids is 1. The van der Waals surface area contributed by atoms with Crippen LogP contribution in [0, 0.1) is 0 Å². The predicted molar refractivity (Wildman–Crippen MR) is 85.3 cm³/mol. The number of imidazole rings is 1. The van der Waals surface area contributed by atoms with Gasteiger partial charge in [0.15, 0.2) is 0 Å². The number of carbonyl (C=O) groups is 1. The van der Waals surface area contributed by atoms with Crippen LogP contribution in [0.25, 0.3) is 11.0 Å². The number of halogens is 2. The van der Waals surface area contributed by atoms with Gasteiger partial charge in [0.2, 0.25) is 0 Å². The van der Waals surface area contributed by atoms with Gasteiger partial charge in [0.1, 0.15) is 5.82 Å². The van der Waals surface area contributed by atoms with Gasteiger partial charge in [0, 0.05) is 12.5 Å². The minimum Gasteiger partial charge on any atom is -0.481 e.